The van der Waals surface area contributed by atoms with E-state index in [2.05, 4.69) is 28.6 Å². The lowest BCUT2D eigenvalue weighted by Crippen LogP contribution is -2.33. The van der Waals surface area contributed by atoms with Crippen LogP contribution in [0.3, 0.4) is 0 Å². The third kappa shape index (κ3) is 2.00. The molecule has 2 aromatic heterocycles. The standard InChI is InChI=1S/C18H14N2O2S/c1-2-6-15-12(5-1)14-11-13(16-7-3-9-21-16)19-20(14)18(22-15)17-8-4-10-23-17/h1-10,14,18H,11H2/t14-,18-/m1/s1. The third-order valence-electron chi connectivity index (χ3n) is 4.29. The second-order valence-corrected chi connectivity index (χ2v) is 6.63. The molecule has 5 rings (SSSR count). The summed E-state index contributed by atoms with van der Waals surface area (Å²) in [5, 5.41) is 8.97. The summed E-state index contributed by atoms with van der Waals surface area (Å²) in [5.74, 6) is 1.78. The van der Waals surface area contributed by atoms with Crippen molar-refractivity contribution in [1.29, 1.82) is 0 Å². The Morgan fingerprint density at radius 2 is 2.04 bits per heavy atom. The van der Waals surface area contributed by atoms with Crippen LogP contribution < -0.4 is 4.74 Å². The SMILES string of the molecule is c1coc(C2=NN3[C@H](C2)c2ccccc2O[C@@H]3c2cccs2)c1. The quantitative estimate of drug-likeness (QED) is 0.693. The average molecular weight is 322 g/mol. The fourth-order valence-corrected chi connectivity index (χ4v) is 3.99. The smallest absolute Gasteiger partial charge is 0.222 e. The molecule has 0 bridgehead atoms. The minimum atomic E-state index is -0.178. The third-order valence-corrected chi connectivity index (χ3v) is 5.19. The van der Waals surface area contributed by atoms with Crippen LogP contribution in [0.1, 0.15) is 34.9 Å². The zero-order valence-electron chi connectivity index (χ0n) is 12.3. The van der Waals surface area contributed by atoms with Crippen LogP contribution in [0.4, 0.5) is 0 Å². The lowest BCUT2D eigenvalue weighted by atomic mass is 9.98. The summed E-state index contributed by atoms with van der Waals surface area (Å²) in [4.78, 5) is 1.16. The van der Waals surface area contributed by atoms with E-state index in [0.717, 1.165) is 28.5 Å². The zero-order chi connectivity index (χ0) is 15.2. The van der Waals surface area contributed by atoms with E-state index in [1.54, 1.807) is 17.6 Å². The van der Waals surface area contributed by atoms with Gasteiger partial charge in [0.25, 0.3) is 0 Å². The number of ether oxygens (including phenoxy) is 1. The van der Waals surface area contributed by atoms with E-state index in [0.29, 0.717) is 0 Å². The Hall–Kier alpha value is -2.53. The molecule has 0 radical (unpaired) electrons. The van der Waals surface area contributed by atoms with E-state index in [4.69, 9.17) is 14.3 Å². The van der Waals surface area contributed by atoms with Gasteiger partial charge in [0, 0.05) is 12.0 Å². The number of fused-ring (bicyclic) bond motifs is 3. The van der Waals surface area contributed by atoms with Crippen molar-refractivity contribution in [2.45, 2.75) is 18.7 Å². The second kappa shape index (κ2) is 4.99. The van der Waals surface area contributed by atoms with Crippen molar-refractivity contribution < 1.29 is 9.15 Å². The molecule has 5 heteroatoms. The zero-order valence-corrected chi connectivity index (χ0v) is 13.1. The van der Waals surface area contributed by atoms with E-state index in [9.17, 15) is 0 Å². The van der Waals surface area contributed by atoms with Gasteiger partial charge >= 0.3 is 0 Å². The second-order valence-electron chi connectivity index (χ2n) is 5.65. The van der Waals surface area contributed by atoms with Gasteiger partial charge < -0.3 is 9.15 Å². The first-order chi connectivity index (χ1) is 11.4. The van der Waals surface area contributed by atoms with E-state index in [1.165, 1.54) is 5.56 Å². The highest BCUT2D eigenvalue weighted by Gasteiger charge is 2.41. The number of thiophene rings is 1. The average Bonchev–Trinajstić information content (AvgIpc) is 3.34. The van der Waals surface area contributed by atoms with Crippen molar-refractivity contribution in [1.82, 2.24) is 5.01 Å². The van der Waals surface area contributed by atoms with Gasteiger partial charge in [-0.3, -0.25) is 0 Å². The molecule has 0 spiro atoms. The van der Waals surface area contributed by atoms with E-state index < -0.39 is 0 Å². The molecule has 23 heavy (non-hydrogen) atoms. The van der Waals surface area contributed by atoms with Crippen molar-refractivity contribution in [2.75, 3.05) is 0 Å². The summed E-state index contributed by atoms with van der Waals surface area (Å²) in [6.45, 7) is 0. The van der Waals surface area contributed by atoms with Crippen molar-refractivity contribution in [2.24, 2.45) is 5.10 Å². The largest absolute Gasteiger partial charge is 0.464 e. The molecule has 0 unspecified atom stereocenters. The Morgan fingerprint density at radius 1 is 1.09 bits per heavy atom. The molecule has 3 aromatic rings. The maximum atomic E-state index is 6.25. The molecule has 2 atom stereocenters. The van der Waals surface area contributed by atoms with Crippen molar-refractivity contribution in [3.05, 3.63) is 76.4 Å². The van der Waals surface area contributed by atoms with Crippen LogP contribution in [0.15, 0.2) is 69.7 Å². The van der Waals surface area contributed by atoms with Crippen LogP contribution in [0.5, 0.6) is 5.75 Å². The first kappa shape index (κ1) is 13.0. The lowest BCUT2D eigenvalue weighted by molar-refractivity contribution is -0.0165. The number of hydrazone groups is 1. The topological polar surface area (TPSA) is 38.0 Å². The number of benzene rings is 1. The number of hydrogen-bond acceptors (Lipinski definition) is 5. The highest BCUT2D eigenvalue weighted by atomic mass is 32.1. The maximum absolute atomic E-state index is 6.25. The summed E-state index contributed by atoms with van der Waals surface area (Å²) >= 11 is 1.69. The van der Waals surface area contributed by atoms with Gasteiger partial charge in [-0.15, -0.1) is 11.3 Å². The highest BCUT2D eigenvalue weighted by Crippen LogP contribution is 2.47. The first-order valence-electron chi connectivity index (χ1n) is 7.59. The number of para-hydroxylation sites is 1. The van der Waals surface area contributed by atoms with Gasteiger partial charge in [-0.1, -0.05) is 24.3 Å². The number of furan rings is 1. The molecule has 4 heterocycles. The Bertz CT molecular complexity index is 855. The predicted octanol–water partition coefficient (Wildman–Crippen LogP) is 4.58. The molecule has 114 valence electrons. The maximum Gasteiger partial charge on any atom is 0.222 e. The fourth-order valence-electron chi connectivity index (χ4n) is 3.25. The van der Waals surface area contributed by atoms with Gasteiger partial charge in [-0.2, -0.15) is 5.10 Å². The number of rotatable bonds is 2. The normalized spacial score (nSPS) is 22.3. The van der Waals surface area contributed by atoms with E-state index in [-0.39, 0.29) is 12.3 Å². The van der Waals surface area contributed by atoms with Crippen LogP contribution >= 0.6 is 11.3 Å². The molecular formula is C18H14N2O2S. The van der Waals surface area contributed by atoms with Crippen molar-refractivity contribution >= 4 is 17.0 Å². The first-order valence-corrected chi connectivity index (χ1v) is 8.47. The summed E-state index contributed by atoms with van der Waals surface area (Å²) in [6.07, 6.45) is 2.34. The summed E-state index contributed by atoms with van der Waals surface area (Å²) in [7, 11) is 0. The van der Waals surface area contributed by atoms with Crippen LogP contribution in [0.25, 0.3) is 0 Å². The molecule has 0 saturated heterocycles. The fraction of sp³-hybridized carbons (Fsp3) is 0.167. The monoisotopic (exact) mass is 322 g/mol. The van der Waals surface area contributed by atoms with Crippen LogP contribution in [0.2, 0.25) is 0 Å². The molecule has 0 amide bonds. The van der Waals surface area contributed by atoms with E-state index >= 15 is 0 Å². The molecular weight excluding hydrogens is 308 g/mol. The van der Waals surface area contributed by atoms with Crippen LogP contribution in [-0.4, -0.2) is 10.7 Å². The molecule has 0 aliphatic carbocycles. The Balaban J connectivity index is 1.62. The van der Waals surface area contributed by atoms with Gasteiger partial charge in [0.2, 0.25) is 6.23 Å². The summed E-state index contributed by atoms with van der Waals surface area (Å²) < 4.78 is 11.8. The Morgan fingerprint density at radius 3 is 2.87 bits per heavy atom. The van der Waals surface area contributed by atoms with Gasteiger partial charge in [-0.25, -0.2) is 5.01 Å². The minimum absolute atomic E-state index is 0.178. The van der Waals surface area contributed by atoms with Crippen LogP contribution in [-0.2, 0) is 0 Å². The van der Waals surface area contributed by atoms with Gasteiger partial charge in [0.05, 0.1) is 17.2 Å². The van der Waals surface area contributed by atoms with Gasteiger partial charge in [0.1, 0.15) is 17.2 Å². The lowest BCUT2D eigenvalue weighted by Gasteiger charge is -2.37. The molecule has 0 N–H and O–H groups in total. The number of hydrogen-bond donors (Lipinski definition) is 0. The Kier molecular flexibility index (Phi) is 2.81. The summed E-state index contributed by atoms with van der Waals surface area (Å²) in [6, 6.07) is 16.4. The molecule has 2 aliphatic heterocycles. The van der Waals surface area contributed by atoms with Gasteiger partial charge in [-0.05, 0) is 29.6 Å². The molecule has 4 nitrogen and oxygen atoms in total. The molecule has 0 fully saturated rings. The highest BCUT2D eigenvalue weighted by molar-refractivity contribution is 7.10. The molecule has 0 saturated carbocycles. The van der Waals surface area contributed by atoms with Gasteiger partial charge in [0.15, 0.2) is 0 Å². The molecule has 1 aromatic carbocycles. The summed E-state index contributed by atoms with van der Waals surface area (Å²) in [5.41, 5.74) is 2.16. The number of nitrogens with zero attached hydrogens (tertiary/aromatic N) is 2. The van der Waals surface area contributed by atoms with Crippen molar-refractivity contribution in [3.8, 4) is 5.75 Å². The van der Waals surface area contributed by atoms with Crippen molar-refractivity contribution in [3.63, 3.8) is 0 Å². The molecule has 2 aliphatic rings. The Labute approximate surface area is 137 Å². The van der Waals surface area contributed by atoms with E-state index in [1.807, 2.05) is 30.3 Å². The minimum Gasteiger partial charge on any atom is -0.464 e. The predicted molar refractivity (Wildman–Crippen MR) is 88.6 cm³/mol. The van der Waals surface area contributed by atoms with Crippen LogP contribution in [0, 0.1) is 0 Å².